The molecule has 0 heterocycles. The molecule has 2 aromatic carbocycles. The Bertz CT molecular complexity index is 644. The predicted molar refractivity (Wildman–Crippen MR) is 62.4 cm³/mol. The number of para-hydroxylation sites is 1. The fraction of sp³-hybridized carbons (Fsp3) is 0. The fourth-order valence-electron chi connectivity index (χ4n) is 1.50. The SMILES string of the molecule is O=C(Nc1cc(F)cc(F)c1F)c1ccccc1O. The van der Waals surface area contributed by atoms with Gasteiger partial charge in [0.25, 0.3) is 5.91 Å². The van der Waals surface area contributed by atoms with Crippen molar-refractivity contribution in [2.45, 2.75) is 0 Å². The van der Waals surface area contributed by atoms with E-state index < -0.39 is 29.0 Å². The Hall–Kier alpha value is -2.50. The van der Waals surface area contributed by atoms with Gasteiger partial charge in [-0.15, -0.1) is 0 Å². The number of nitrogens with one attached hydrogen (secondary N) is 1. The lowest BCUT2D eigenvalue weighted by atomic mass is 10.2. The van der Waals surface area contributed by atoms with Crippen molar-refractivity contribution in [2.24, 2.45) is 0 Å². The minimum Gasteiger partial charge on any atom is -0.507 e. The van der Waals surface area contributed by atoms with Crippen molar-refractivity contribution in [1.29, 1.82) is 0 Å². The second-order valence-electron chi connectivity index (χ2n) is 3.72. The van der Waals surface area contributed by atoms with Crippen LogP contribution in [0.5, 0.6) is 5.75 Å². The van der Waals surface area contributed by atoms with Crippen molar-refractivity contribution in [3.05, 3.63) is 59.4 Å². The van der Waals surface area contributed by atoms with E-state index in [0.29, 0.717) is 12.1 Å². The maximum absolute atomic E-state index is 13.3. The van der Waals surface area contributed by atoms with Gasteiger partial charge in [-0.25, -0.2) is 13.2 Å². The van der Waals surface area contributed by atoms with E-state index in [4.69, 9.17) is 0 Å². The second kappa shape index (κ2) is 5.01. The number of anilines is 1. The molecule has 0 unspecified atom stereocenters. The van der Waals surface area contributed by atoms with E-state index in [-0.39, 0.29) is 11.3 Å². The third-order valence-corrected chi connectivity index (χ3v) is 2.39. The smallest absolute Gasteiger partial charge is 0.259 e. The Labute approximate surface area is 106 Å². The van der Waals surface area contributed by atoms with E-state index in [2.05, 4.69) is 0 Å². The maximum atomic E-state index is 13.3. The summed E-state index contributed by atoms with van der Waals surface area (Å²) in [6.07, 6.45) is 0. The van der Waals surface area contributed by atoms with Crippen molar-refractivity contribution >= 4 is 11.6 Å². The topological polar surface area (TPSA) is 49.3 Å². The molecule has 0 bridgehead atoms. The van der Waals surface area contributed by atoms with Crippen LogP contribution in [0, 0.1) is 17.5 Å². The quantitative estimate of drug-likeness (QED) is 0.821. The summed E-state index contributed by atoms with van der Waals surface area (Å²) in [4.78, 5) is 11.7. The minimum absolute atomic E-state index is 0.133. The molecule has 2 rings (SSSR count). The highest BCUT2D eigenvalue weighted by Gasteiger charge is 2.16. The standard InChI is InChI=1S/C13H8F3NO2/c14-7-5-9(15)12(16)10(6-7)17-13(19)8-3-1-2-4-11(8)18/h1-6,18H,(H,17,19). The monoisotopic (exact) mass is 267 g/mol. The number of amides is 1. The Kier molecular flexibility index (Phi) is 3.41. The van der Waals surface area contributed by atoms with Crippen LogP contribution in [0.3, 0.4) is 0 Å². The number of hydrogen-bond donors (Lipinski definition) is 2. The number of halogens is 3. The van der Waals surface area contributed by atoms with E-state index in [1.807, 2.05) is 5.32 Å². The number of hydrogen-bond acceptors (Lipinski definition) is 2. The van der Waals surface area contributed by atoms with Crippen LogP contribution in [0.1, 0.15) is 10.4 Å². The lowest BCUT2D eigenvalue weighted by Crippen LogP contribution is -2.14. The van der Waals surface area contributed by atoms with Crippen LogP contribution >= 0.6 is 0 Å². The third kappa shape index (κ3) is 2.67. The zero-order valence-corrected chi connectivity index (χ0v) is 9.45. The molecule has 19 heavy (non-hydrogen) atoms. The van der Waals surface area contributed by atoms with Crippen molar-refractivity contribution in [1.82, 2.24) is 0 Å². The molecule has 0 saturated carbocycles. The first-order chi connectivity index (χ1) is 8.99. The number of phenolic OH excluding ortho intramolecular Hbond substituents is 1. The molecular formula is C13H8F3NO2. The van der Waals surface area contributed by atoms with Gasteiger partial charge < -0.3 is 10.4 Å². The van der Waals surface area contributed by atoms with Gasteiger partial charge >= 0.3 is 0 Å². The molecule has 3 nitrogen and oxygen atoms in total. The number of phenols is 1. The fourth-order valence-corrected chi connectivity index (χ4v) is 1.50. The number of benzene rings is 2. The summed E-state index contributed by atoms with van der Waals surface area (Å²) in [7, 11) is 0. The van der Waals surface area contributed by atoms with E-state index in [1.165, 1.54) is 24.3 Å². The van der Waals surface area contributed by atoms with Crippen LogP contribution in [-0.4, -0.2) is 11.0 Å². The van der Waals surface area contributed by atoms with Gasteiger partial charge in [-0.1, -0.05) is 12.1 Å². The lowest BCUT2D eigenvalue weighted by Gasteiger charge is -2.08. The summed E-state index contributed by atoms with van der Waals surface area (Å²) in [5.74, 6) is -5.00. The van der Waals surface area contributed by atoms with Crippen LogP contribution < -0.4 is 5.32 Å². The molecule has 98 valence electrons. The van der Waals surface area contributed by atoms with Gasteiger partial charge in [-0.3, -0.25) is 4.79 Å². The molecule has 0 radical (unpaired) electrons. The van der Waals surface area contributed by atoms with Crippen molar-refractivity contribution in [3.8, 4) is 5.75 Å². The summed E-state index contributed by atoms with van der Waals surface area (Å²) >= 11 is 0. The van der Waals surface area contributed by atoms with E-state index in [1.54, 1.807) is 0 Å². The molecule has 0 aromatic heterocycles. The van der Waals surface area contributed by atoms with Gasteiger partial charge in [0, 0.05) is 12.1 Å². The highest BCUT2D eigenvalue weighted by Crippen LogP contribution is 2.22. The average Bonchev–Trinajstić information content (AvgIpc) is 2.35. The first-order valence-corrected chi connectivity index (χ1v) is 5.23. The molecule has 0 spiro atoms. The molecule has 0 aliphatic carbocycles. The maximum Gasteiger partial charge on any atom is 0.259 e. The second-order valence-corrected chi connectivity index (χ2v) is 3.72. The molecule has 0 aliphatic rings. The lowest BCUT2D eigenvalue weighted by molar-refractivity contribution is 0.102. The Morgan fingerprint density at radius 3 is 2.47 bits per heavy atom. The van der Waals surface area contributed by atoms with Crippen LogP contribution in [0.25, 0.3) is 0 Å². The summed E-state index contributed by atoms with van der Waals surface area (Å²) in [6.45, 7) is 0. The molecule has 0 saturated heterocycles. The van der Waals surface area contributed by atoms with E-state index >= 15 is 0 Å². The van der Waals surface area contributed by atoms with Crippen molar-refractivity contribution in [2.75, 3.05) is 5.32 Å². The van der Waals surface area contributed by atoms with Gasteiger partial charge in [0.1, 0.15) is 11.6 Å². The van der Waals surface area contributed by atoms with Gasteiger partial charge in [0.15, 0.2) is 11.6 Å². The summed E-state index contributed by atoms with van der Waals surface area (Å²) < 4.78 is 39.2. The summed E-state index contributed by atoms with van der Waals surface area (Å²) in [6, 6.07) is 6.54. The van der Waals surface area contributed by atoms with Crippen LogP contribution in [-0.2, 0) is 0 Å². The Balaban J connectivity index is 2.32. The number of aromatic hydroxyl groups is 1. The first kappa shape index (κ1) is 12.9. The van der Waals surface area contributed by atoms with Crippen LogP contribution in [0.15, 0.2) is 36.4 Å². The zero-order chi connectivity index (χ0) is 14.0. The summed E-state index contributed by atoms with van der Waals surface area (Å²) in [5.41, 5.74) is -0.766. The molecule has 0 fully saturated rings. The van der Waals surface area contributed by atoms with Gasteiger partial charge in [0.2, 0.25) is 0 Å². The van der Waals surface area contributed by atoms with Gasteiger partial charge in [-0.2, -0.15) is 0 Å². The van der Waals surface area contributed by atoms with E-state index in [0.717, 1.165) is 0 Å². The number of carbonyl (C=O) groups is 1. The molecule has 2 N–H and O–H groups in total. The first-order valence-electron chi connectivity index (χ1n) is 5.23. The van der Waals surface area contributed by atoms with E-state index in [9.17, 15) is 23.1 Å². The van der Waals surface area contributed by atoms with Crippen LogP contribution in [0.4, 0.5) is 18.9 Å². The predicted octanol–water partition coefficient (Wildman–Crippen LogP) is 3.06. The zero-order valence-electron chi connectivity index (χ0n) is 9.45. The van der Waals surface area contributed by atoms with Crippen molar-refractivity contribution in [3.63, 3.8) is 0 Å². The molecule has 2 aromatic rings. The Morgan fingerprint density at radius 2 is 1.79 bits per heavy atom. The molecular weight excluding hydrogens is 259 g/mol. The van der Waals surface area contributed by atoms with Gasteiger partial charge in [-0.05, 0) is 12.1 Å². The molecule has 1 amide bonds. The third-order valence-electron chi connectivity index (χ3n) is 2.39. The normalized spacial score (nSPS) is 10.3. The number of carbonyl (C=O) groups excluding carboxylic acids is 1. The van der Waals surface area contributed by atoms with Crippen molar-refractivity contribution < 1.29 is 23.1 Å². The summed E-state index contributed by atoms with van der Waals surface area (Å²) in [5, 5.41) is 11.4. The number of rotatable bonds is 2. The van der Waals surface area contributed by atoms with Gasteiger partial charge in [0.05, 0.1) is 11.3 Å². The highest BCUT2D eigenvalue weighted by molar-refractivity contribution is 6.06. The largest absolute Gasteiger partial charge is 0.507 e. The average molecular weight is 267 g/mol. The molecule has 6 heteroatoms. The van der Waals surface area contributed by atoms with Crippen LogP contribution in [0.2, 0.25) is 0 Å². The highest BCUT2D eigenvalue weighted by atomic mass is 19.2. The molecule has 0 atom stereocenters. The Morgan fingerprint density at radius 1 is 1.11 bits per heavy atom. The molecule has 0 aliphatic heterocycles. The minimum atomic E-state index is -1.41.